The fraction of sp³-hybridized carbons (Fsp3) is 0.737. The van der Waals surface area contributed by atoms with Crippen molar-refractivity contribution in [1.82, 2.24) is 4.90 Å². The van der Waals surface area contributed by atoms with E-state index < -0.39 is 17.6 Å². The van der Waals surface area contributed by atoms with Crippen LogP contribution in [0.1, 0.15) is 55.9 Å². The summed E-state index contributed by atoms with van der Waals surface area (Å²) >= 11 is 1.45. The minimum Gasteiger partial charge on any atom is -0.444 e. The monoisotopic (exact) mass is 387 g/mol. The molecule has 0 saturated carbocycles. The van der Waals surface area contributed by atoms with Gasteiger partial charge in [-0.25, -0.2) is 13.6 Å². The summed E-state index contributed by atoms with van der Waals surface area (Å²) in [5, 5.41) is 0. The molecule has 1 saturated heterocycles. The molecule has 1 aromatic rings. The number of halogens is 2. The van der Waals surface area contributed by atoms with Crippen molar-refractivity contribution in [2.24, 2.45) is 0 Å². The van der Waals surface area contributed by atoms with E-state index >= 15 is 0 Å². The van der Waals surface area contributed by atoms with Gasteiger partial charge in [-0.3, -0.25) is 0 Å². The Hall–Kier alpha value is -1.21. The molecule has 146 valence electrons. The van der Waals surface area contributed by atoms with Crippen molar-refractivity contribution in [3.8, 4) is 0 Å². The molecule has 7 heteroatoms. The van der Waals surface area contributed by atoms with Gasteiger partial charge in [0.1, 0.15) is 11.2 Å². The average Bonchev–Trinajstić information content (AvgIpc) is 2.88. The third-order valence-corrected chi connectivity index (χ3v) is 6.31. The average molecular weight is 387 g/mol. The quantitative estimate of drug-likeness (QED) is 0.736. The second-order valence-electron chi connectivity index (χ2n) is 8.23. The molecule has 1 spiro atoms. The number of piperidine rings is 1. The first-order valence-electron chi connectivity index (χ1n) is 9.13. The first-order valence-corrected chi connectivity index (χ1v) is 9.95. The van der Waals surface area contributed by atoms with E-state index in [9.17, 15) is 13.6 Å². The van der Waals surface area contributed by atoms with E-state index in [4.69, 9.17) is 9.47 Å². The molecular formula is C19H27F2NO3S. The Kier molecular flexibility index (Phi) is 5.32. The summed E-state index contributed by atoms with van der Waals surface area (Å²) in [6.07, 6.45) is -0.749. The summed E-state index contributed by atoms with van der Waals surface area (Å²) in [6, 6.07) is 1.88. The zero-order valence-electron chi connectivity index (χ0n) is 15.8. The van der Waals surface area contributed by atoms with Crippen LogP contribution in [0.2, 0.25) is 0 Å². The van der Waals surface area contributed by atoms with Gasteiger partial charge in [0.25, 0.3) is 0 Å². The van der Waals surface area contributed by atoms with Gasteiger partial charge in [0.15, 0.2) is 0 Å². The first kappa shape index (κ1) is 19.5. The van der Waals surface area contributed by atoms with E-state index in [0.717, 1.165) is 21.7 Å². The molecule has 4 nitrogen and oxygen atoms in total. The van der Waals surface area contributed by atoms with Gasteiger partial charge in [0, 0.05) is 35.2 Å². The highest BCUT2D eigenvalue weighted by Crippen LogP contribution is 2.47. The largest absolute Gasteiger partial charge is 0.444 e. The molecule has 0 aliphatic carbocycles. The van der Waals surface area contributed by atoms with E-state index in [1.165, 1.54) is 11.3 Å². The van der Waals surface area contributed by atoms with Gasteiger partial charge in [0.2, 0.25) is 6.43 Å². The second kappa shape index (κ2) is 7.08. The van der Waals surface area contributed by atoms with E-state index in [1.54, 1.807) is 4.90 Å². The summed E-state index contributed by atoms with van der Waals surface area (Å²) in [6.45, 7) is 8.69. The van der Waals surface area contributed by atoms with Crippen LogP contribution >= 0.6 is 11.3 Å². The Bertz CT molecular complexity index is 670. The molecule has 2 atom stereocenters. The molecule has 3 heterocycles. The van der Waals surface area contributed by atoms with Crippen molar-refractivity contribution < 1.29 is 23.0 Å². The minimum atomic E-state index is -2.33. The van der Waals surface area contributed by atoms with Crippen LogP contribution in [0, 0.1) is 0 Å². The van der Waals surface area contributed by atoms with Gasteiger partial charge in [0.05, 0.1) is 6.61 Å². The van der Waals surface area contributed by atoms with Crippen LogP contribution in [0.25, 0.3) is 0 Å². The number of hydrogen-bond acceptors (Lipinski definition) is 4. The molecule has 2 aliphatic rings. The number of carbonyl (C=O) groups is 1. The van der Waals surface area contributed by atoms with Crippen molar-refractivity contribution in [2.45, 2.75) is 77.0 Å². The Morgan fingerprint density at radius 1 is 1.50 bits per heavy atom. The van der Waals surface area contributed by atoms with Crippen LogP contribution in [-0.4, -0.2) is 42.2 Å². The molecule has 1 fully saturated rings. The number of rotatable bonds is 2. The van der Waals surface area contributed by atoms with Gasteiger partial charge in [-0.15, -0.1) is 11.3 Å². The molecule has 0 aromatic carbocycles. The number of likely N-dealkylation sites (tertiary alicyclic amines) is 1. The van der Waals surface area contributed by atoms with Crippen LogP contribution < -0.4 is 0 Å². The number of thiophene rings is 1. The summed E-state index contributed by atoms with van der Waals surface area (Å²) in [5.41, 5.74) is 0.143. The van der Waals surface area contributed by atoms with E-state index in [2.05, 4.69) is 0 Å². The molecular weight excluding hydrogens is 360 g/mol. The maximum Gasteiger partial charge on any atom is 0.410 e. The number of ether oxygens (including phenoxy) is 2. The van der Waals surface area contributed by atoms with Crippen molar-refractivity contribution in [3.05, 3.63) is 21.4 Å². The highest BCUT2D eigenvalue weighted by molar-refractivity contribution is 7.12. The molecule has 2 aliphatic heterocycles. The maximum absolute atomic E-state index is 12.8. The summed E-state index contributed by atoms with van der Waals surface area (Å²) in [4.78, 5) is 16.0. The highest BCUT2D eigenvalue weighted by Gasteiger charge is 2.46. The number of carbonyl (C=O) groups excluding carboxylic acids is 1. The van der Waals surface area contributed by atoms with Crippen LogP contribution in [0.3, 0.4) is 0 Å². The normalized spacial score (nSPS) is 26.3. The number of alkyl halides is 2. The Morgan fingerprint density at radius 3 is 2.85 bits per heavy atom. The summed E-state index contributed by atoms with van der Waals surface area (Å²) in [5.74, 6) is 0. The Morgan fingerprint density at radius 2 is 2.23 bits per heavy atom. The number of amides is 1. The predicted molar refractivity (Wildman–Crippen MR) is 97.0 cm³/mol. The summed E-state index contributed by atoms with van der Waals surface area (Å²) < 4.78 is 37.2. The lowest BCUT2D eigenvalue weighted by atomic mass is 9.82. The fourth-order valence-electron chi connectivity index (χ4n) is 3.87. The molecule has 1 aromatic heterocycles. The zero-order valence-corrected chi connectivity index (χ0v) is 16.6. The lowest BCUT2D eigenvalue weighted by Gasteiger charge is -2.46. The SMILES string of the molecule is C[C@H]1C[C@@]2(CCN1C(=O)OC(C)(C)C)OCCc1cc(CC(F)F)sc12. The van der Waals surface area contributed by atoms with Gasteiger partial charge in [-0.05, 0) is 52.2 Å². The lowest BCUT2D eigenvalue weighted by Crippen LogP contribution is -2.53. The molecule has 0 bridgehead atoms. The van der Waals surface area contributed by atoms with Crippen molar-refractivity contribution in [1.29, 1.82) is 0 Å². The van der Waals surface area contributed by atoms with Gasteiger partial charge in [-0.2, -0.15) is 0 Å². The van der Waals surface area contributed by atoms with Gasteiger partial charge in [-0.1, -0.05) is 0 Å². The fourth-order valence-corrected chi connectivity index (χ4v) is 5.27. The van der Waals surface area contributed by atoms with Crippen LogP contribution in [0.4, 0.5) is 13.6 Å². The number of nitrogens with zero attached hydrogens (tertiary/aromatic N) is 1. The van der Waals surface area contributed by atoms with E-state index in [0.29, 0.717) is 26.0 Å². The Labute approximate surface area is 157 Å². The molecule has 0 N–H and O–H groups in total. The molecule has 3 rings (SSSR count). The summed E-state index contributed by atoms with van der Waals surface area (Å²) in [7, 11) is 0. The van der Waals surface area contributed by atoms with Crippen molar-refractivity contribution in [3.63, 3.8) is 0 Å². The topological polar surface area (TPSA) is 38.8 Å². The molecule has 0 unspecified atom stereocenters. The standard InChI is InChI=1S/C19H27F2NO3S/c1-12-11-19(6-7-22(12)17(23)25-18(2,3)4)16-13(5-8-24-19)9-14(26-16)10-15(20)21/h9,12,15H,5-8,10-11H2,1-4H3/t12-,19+/m0/s1. The van der Waals surface area contributed by atoms with Crippen molar-refractivity contribution >= 4 is 17.4 Å². The number of fused-ring (bicyclic) bond motifs is 2. The van der Waals surface area contributed by atoms with Crippen LogP contribution in [0.15, 0.2) is 6.07 Å². The third-order valence-electron chi connectivity index (χ3n) is 4.92. The molecule has 26 heavy (non-hydrogen) atoms. The molecule has 1 amide bonds. The first-order chi connectivity index (χ1) is 12.1. The van der Waals surface area contributed by atoms with E-state index in [-0.39, 0.29) is 18.6 Å². The smallest absolute Gasteiger partial charge is 0.410 e. The number of hydrogen-bond donors (Lipinski definition) is 0. The van der Waals surface area contributed by atoms with Crippen LogP contribution in [-0.2, 0) is 27.9 Å². The van der Waals surface area contributed by atoms with Gasteiger partial charge < -0.3 is 14.4 Å². The maximum atomic E-state index is 12.8. The minimum absolute atomic E-state index is 0.0369. The van der Waals surface area contributed by atoms with Crippen molar-refractivity contribution in [2.75, 3.05) is 13.2 Å². The lowest BCUT2D eigenvalue weighted by molar-refractivity contribution is -0.108. The zero-order chi connectivity index (χ0) is 19.1. The Balaban J connectivity index is 1.78. The predicted octanol–water partition coefficient (Wildman–Crippen LogP) is 4.74. The molecule has 0 radical (unpaired) electrons. The van der Waals surface area contributed by atoms with E-state index in [1.807, 2.05) is 33.8 Å². The van der Waals surface area contributed by atoms with Crippen LogP contribution in [0.5, 0.6) is 0 Å². The highest BCUT2D eigenvalue weighted by atomic mass is 32.1. The van der Waals surface area contributed by atoms with Gasteiger partial charge >= 0.3 is 6.09 Å². The second-order valence-corrected chi connectivity index (χ2v) is 9.37. The third kappa shape index (κ3) is 4.03.